The van der Waals surface area contributed by atoms with Crippen LogP contribution in [0.2, 0.25) is 0 Å². The van der Waals surface area contributed by atoms with Gasteiger partial charge in [0.05, 0.1) is 22.4 Å². The number of carboxylic acid groups (broad SMARTS) is 1. The van der Waals surface area contributed by atoms with Gasteiger partial charge in [-0.2, -0.15) is 10.5 Å². The fourth-order valence-electron chi connectivity index (χ4n) is 3.93. The summed E-state index contributed by atoms with van der Waals surface area (Å²) in [6.07, 6.45) is 1.96. The van der Waals surface area contributed by atoms with Crippen LogP contribution in [0.1, 0.15) is 50.8 Å². The first-order chi connectivity index (χ1) is 16.3. The van der Waals surface area contributed by atoms with Crippen molar-refractivity contribution in [1.82, 2.24) is 4.98 Å². The van der Waals surface area contributed by atoms with Gasteiger partial charge in [0.1, 0.15) is 30.3 Å². The minimum atomic E-state index is -0.965. The van der Waals surface area contributed by atoms with E-state index in [1.165, 1.54) is 0 Å². The molecular weight excluding hydrogens is 428 g/mol. The minimum absolute atomic E-state index is 0.125. The van der Waals surface area contributed by atoms with E-state index >= 15 is 0 Å². The van der Waals surface area contributed by atoms with Crippen LogP contribution in [0.25, 0.3) is 17.2 Å². The number of allylic oxidation sites excluding steroid dienone is 3. The standard InChI is InChI=1S/C27H20N4O3/c1-15-21(24-16(2)23(13-29)26(30)31-25(24)22(15)12-28)11-17-5-9-20(10-6-17)34-14-18-3-7-19(8-4-18)27(32)33/h3-11H,14H2,1-2H3,(H2,30,31)(H,32,33)/b21-11-. The van der Waals surface area contributed by atoms with Gasteiger partial charge in [0.25, 0.3) is 0 Å². The second kappa shape index (κ2) is 8.93. The molecule has 2 aromatic carbocycles. The average molecular weight is 448 g/mol. The Bertz CT molecular complexity index is 1450. The molecular formula is C27H20N4O3. The fourth-order valence-corrected chi connectivity index (χ4v) is 3.93. The molecule has 1 aliphatic carbocycles. The van der Waals surface area contributed by atoms with Crippen LogP contribution in [0.15, 0.2) is 54.1 Å². The van der Waals surface area contributed by atoms with Gasteiger partial charge >= 0.3 is 5.97 Å². The first kappa shape index (κ1) is 22.3. The maximum absolute atomic E-state index is 11.0. The van der Waals surface area contributed by atoms with Gasteiger partial charge in [-0.3, -0.25) is 0 Å². The lowest BCUT2D eigenvalue weighted by atomic mass is 9.95. The van der Waals surface area contributed by atoms with E-state index in [1.807, 2.05) is 44.2 Å². The Balaban J connectivity index is 1.59. The van der Waals surface area contributed by atoms with Gasteiger partial charge < -0.3 is 15.6 Å². The number of aromatic nitrogens is 1. The molecule has 34 heavy (non-hydrogen) atoms. The Morgan fingerprint density at radius 2 is 1.76 bits per heavy atom. The van der Waals surface area contributed by atoms with Gasteiger partial charge in [-0.25, -0.2) is 9.78 Å². The molecule has 0 amide bonds. The van der Waals surface area contributed by atoms with Crippen LogP contribution in [0.5, 0.6) is 5.75 Å². The predicted molar refractivity (Wildman–Crippen MR) is 128 cm³/mol. The monoisotopic (exact) mass is 448 g/mol. The summed E-state index contributed by atoms with van der Waals surface area (Å²) >= 11 is 0. The van der Waals surface area contributed by atoms with Crippen molar-refractivity contribution in [3.63, 3.8) is 0 Å². The zero-order valence-electron chi connectivity index (χ0n) is 18.6. The number of nitrogens with zero attached hydrogens (tertiary/aromatic N) is 3. The topological polar surface area (TPSA) is 133 Å². The van der Waals surface area contributed by atoms with Gasteiger partial charge in [0.15, 0.2) is 0 Å². The Hall–Kier alpha value is -4.88. The second-order valence-electron chi connectivity index (χ2n) is 7.86. The number of hydrogen-bond acceptors (Lipinski definition) is 6. The number of carbonyl (C=O) groups is 1. The molecule has 0 saturated heterocycles. The molecule has 0 spiro atoms. The van der Waals surface area contributed by atoms with Gasteiger partial charge in [0.2, 0.25) is 0 Å². The number of aromatic carboxylic acids is 1. The molecule has 3 aromatic rings. The molecule has 0 radical (unpaired) electrons. The highest BCUT2D eigenvalue weighted by Gasteiger charge is 2.29. The minimum Gasteiger partial charge on any atom is -0.489 e. The van der Waals surface area contributed by atoms with Crippen LogP contribution in [0, 0.1) is 29.6 Å². The third-order valence-corrected chi connectivity index (χ3v) is 5.78. The van der Waals surface area contributed by atoms with E-state index in [2.05, 4.69) is 17.1 Å². The van der Waals surface area contributed by atoms with Crippen LogP contribution < -0.4 is 10.5 Å². The number of carboxylic acids is 1. The third kappa shape index (κ3) is 3.99. The number of hydrogen-bond donors (Lipinski definition) is 2. The summed E-state index contributed by atoms with van der Waals surface area (Å²) in [5.41, 5.74) is 12.3. The van der Waals surface area contributed by atoms with E-state index in [0.717, 1.165) is 27.8 Å². The number of anilines is 1. The van der Waals surface area contributed by atoms with Gasteiger partial charge in [0, 0.05) is 5.56 Å². The smallest absolute Gasteiger partial charge is 0.335 e. The fraction of sp³-hybridized carbons (Fsp3) is 0.111. The Morgan fingerprint density at radius 1 is 1.09 bits per heavy atom. The molecule has 0 unspecified atom stereocenters. The number of pyridine rings is 1. The number of benzene rings is 2. The lowest BCUT2D eigenvalue weighted by molar-refractivity contribution is 0.0697. The molecule has 7 heteroatoms. The first-order valence-electron chi connectivity index (χ1n) is 10.4. The molecule has 1 aromatic heterocycles. The summed E-state index contributed by atoms with van der Waals surface area (Å²) in [6.45, 7) is 3.99. The van der Waals surface area contributed by atoms with Crippen molar-refractivity contribution in [3.8, 4) is 17.9 Å². The number of ether oxygens (including phenoxy) is 1. The molecule has 4 rings (SSSR count). The summed E-state index contributed by atoms with van der Waals surface area (Å²) in [4.78, 5) is 15.3. The van der Waals surface area contributed by atoms with Crippen molar-refractivity contribution in [2.24, 2.45) is 0 Å². The number of rotatable bonds is 5. The summed E-state index contributed by atoms with van der Waals surface area (Å²) in [7, 11) is 0. The van der Waals surface area contributed by atoms with E-state index < -0.39 is 5.97 Å². The van der Waals surface area contributed by atoms with Crippen molar-refractivity contribution in [2.75, 3.05) is 5.73 Å². The molecule has 0 atom stereocenters. The van der Waals surface area contributed by atoms with E-state index in [1.54, 1.807) is 24.3 Å². The molecule has 7 nitrogen and oxygen atoms in total. The quantitative estimate of drug-likeness (QED) is 0.563. The highest BCUT2D eigenvalue weighted by atomic mass is 16.5. The Labute approximate surface area is 196 Å². The lowest BCUT2D eigenvalue weighted by Crippen LogP contribution is -2.03. The highest BCUT2D eigenvalue weighted by Crippen LogP contribution is 2.44. The van der Waals surface area contributed by atoms with Crippen molar-refractivity contribution < 1.29 is 14.6 Å². The van der Waals surface area contributed by atoms with Crippen LogP contribution in [-0.2, 0) is 6.61 Å². The number of nitriles is 2. The van der Waals surface area contributed by atoms with E-state index in [0.29, 0.717) is 34.8 Å². The summed E-state index contributed by atoms with van der Waals surface area (Å²) in [5.74, 6) is -0.175. The molecule has 3 N–H and O–H groups in total. The number of nitrogen functional groups attached to an aromatic ring is 1. The third-order valence-electron chi connectivity index (χ3n) is 5.78. The molecule has 0 bridgehead atoms. The van der Waals surface area contributed by atoms with E-state index in [-0.39, 0.29) is 11.4 Å². The number of nitrogens with two attached hydrogens (primary N) is 1. The molecule has 0 saturated carbocycles. The lowest BCUT2D eigenvalue weighted by Gasteiger charge is -2.11. The molecule has 1 aliphatic rings. The average Bonchev–Trinajstić information content (AvgIpc) is 3.09. The second-order valence-corrected chi connectivity index (χ2v) is 7.86. The van der Waals surface area contributed by atoms with E-state index in [4.69, 9.17) is 15.6 Å². The van der Waals surface area contributed by atoms with Crippen LogP contribution in [0.4, 0.5) is 5.82 Å². The van der Waals surface area contributed by atoms with Crippen molar-refractivity contribution in [1.29, 1.82) is 10.5 Å². The Kier molecular flexibility index (Phi) is 5.86. The normalized spacial score (nSPS) is 13.4. The summed E-state index contributed by atoms with van der Waals surface area (Å²) in [5, 5.41) is 28.2. The SMILES string of the molecule is CC1=C(C#N)c2nc(N)c(C#N)c(C)c2/C1=C\c1ccc(OCc2ccc(C(=O)O)cc2)cc1. The maximum Gasteiger partial charge on any atom is 0.335 e. The maximum atomic E-state index is 11.0. The van der Waals surface area contributed by atoms with Gasteiger partial charge in [-0.1, -0.05) is 24.3 Å². The molecule has 1 heterocycles. The summed E-state index contributed by atoms with van der Waals surface area (Å²) < 4.78 is 5.81. The largest absolute Gasteiger partial charge is 0.489 e. The molecule has 166 valence electrons. The summed E-state index contributed by atoms with van der Waals surface area (Å²) in [6, 6.07) is 18.3. The molecule has 0 fully saturated rings. The highest BCUT2D eigenvalue weighted by molar-refractivity contribution is 6.08. The van der Waals surface area contributed by atoms with Crippen LogP contribution in [0.3, 0.4) is 0 Å². The zero-order valence-corrected chi connectivity index (χ0v) is 18.6. The molecule has 0 aliphatic heterocycles. The van der Waals surface area contributed by atoms with Crippen LogP contribution >= 0.6 is 0 Å². The van der Waals surface area contributed by atoms with Gasteiger partial charge in [-0.05, 0) is 72.0 Å². The Morgan fingerprint density at radius 3 is 2.35 bits per heavy atom. The zero-order chi connectivity index (χ0) is 24.4. The van der Waals surface area contributed by atoms with Crippen molar-refractivity contribution >= 4 is 29.0 Å². The van der Waals surface area contributed by atoms with Gasteiger partial charge in [-0.15, -0.1) is 0 Å². The predicted octanol–water partition coefficient (Wildman–Crippen LogP) is 4.97. The number of fused-ring (bicyclic) bond motifs is 1. The first-order valence-corrected chi connectivity index (χ1v) is 10.4. The van der Waals surface area contributed by atoms with Crippen LogP contribution in [-0.4, -0.2) is 16.1 Å². The van der Waals surface area contributed by atoms with Crippen molar-refractivity contribution in [2.45, 2.75) is 20.5 Å². The van der Waals surface area contributed by atoms with E-state index in [9.17, 15) is 15.3 Å². The van der Waals surface area contributed by atoms with Crippen molar-refractivity contribution in [3.05, 3.63) is 93.2 Å².